The molecule has 1 heterocycles. The number of rotatable bonds is 5. The molecular weight excluding hydrogens is 306 g/mol. The summed E-state index contributed by atoms with van der Waals surface area (Å²) < 4.78 is 16.2. The molecule has 0 saturated heterocycles. The van der Waals surface area contributed by atoms with Crippen molar-refractivity contribution in [1.82, 2.24) is 5.32 Å². The lowest BCUT2D eigenvalue weighted by atomic mass is 10.1. The quantitative estimate of drug-likeness (QED) is 0.772. The first-order valence-electron chi connectivity index (χ1n) is 7.63. The van der Waals surface area contributed by atoms with E-state index in [9.17, 15) is 4.79 Å². The monoisotopic (exact) mass is 325 g/mol. The maximum absolute atomic E-state index is 12.5. The molecule has 0 radical (unpaired) electrons. The zero-order valence-electron chi connectivity index (χ0n) is 13.8. The fourth-order valence-electron chi connectivity index (χ4n) is 2.62. The number of carbonyl (C=O) groups is 1. The first kappa shape index (κ1) is 15.9. The molecular formula is C19H19NO4. The van der Waals surface area contributed by atoms with Crippen LogP contribution in [0.15, 0.2) is 52.9 Å². The van der Waals surface area contributed by atoms with E-state index in [4.69, 9.17) is 13.9 Å². The van der Waals surface area contributed by atoms with Crippen molar-refractivity contribution >= 4 is 16.9 Å². The summed E-state index contributed by atoms with van der Waals surface area (Å²) in [6, 6.07) is 14.5. The minimum atomic E-state index is -0.267. The molecule has 0 aliphatic rings. The van der Waals surface area contributed by atoms with E-state index >= 15 is 0 Å². The van der Waals surface area contributed by atoms with E-state index in [-0.39, 0.29) is 17.7 Å². The lowest BCUT2D eigenvalue weighted by Gasteiger charge is -2.17. The van der Waals surface area contributed by atoms with Gasteiger partial charge in [0, 0.05) is 17.0 Å². The van der Waals surface area contributed by atoms with Crippen molar-refractivity contribution in [3.05, 3.63) is 59.9 Å². The molecule has 5 nitrogen and oxygen atoms in total. The summed E-state index contributed by atoms with van der Waals surface area (Å²) in [6.07, 6.45) is 0. The Hall–Kier alpha value is -2.95. The van der Waals surface area contributed by atoms with Gasteiger partial charge in [-0.2, -0.15) is 0 Å². The highest BCUT2D eigenvalue weighted by atomic mass is 16.5. The van der Waals surface area contributed by atoms with Gasteiger partial charge in [0.25, 0.3) is 5.91 Å². The second-order valence-electron chi connectivity index (χ2n) is 5.45. The zero-order chi connectivity index (χ0) is 17.1. The molecule has 3 aromatic rings. The van der Waals surface area contributed by atoms with Crippen LogP contribution in [-0.2, 0) is 0 Å². The van der Waals surface area contributed by atoms with E-state index in [2.05, 4.69) is 5.32 Å². The molecule has 0 bridgehead atoms. The number of hydrogen-bond acceptors (Lipinski definition) is 4. The highest BCUT2D eigenvalue weighted by molar-refractivity contribution is 5.96. The number of amides is 1. The van der Waals surface area contributed by atoms with Gasteiger partial charge in [-0.25, -0.2) is 0 Å². The molecule has 0 fully saturated rings. The predicted molar refractivity (Wildman–Crippen MR) is 91.6 cm³/mol. The number of carbonyl (C=O) groups excluding carboxylic acids is 1. The Labute approximate surface area is 140 Å². The second-order valence-corrected chi connectivity index (χ2v) is 5.45. The third-order valence-corrected chi connectivity index (χ3v) is 3.90. The van der Waals surface area contributed by atoms with Gasteiger partial charge in [-0.1, -0.05) is 18.2 Å². The molecule has 1 atom stereocenters. The van der Waals surface area contributed by atoms with E-state index in [1.165, 1.54) is 0 Å². The smallest absolute Gasteiger partial charge is 0.287 e. The van der Waals surface area contributed by atoms with E-state index in [1.54, 1.807) is 26.4 Å². The maximum Gasteiger partial charge on any atom is 0.287 e. The molecule has 0 aliphatic heterocycles. The summed E-state index contributed by atoms with van der Waals surface area (Å²) >= 11 is 0. The SMILES string of the molecule is COc1ccc(C(C)NC(=O)c2cc3ccccc3o2)c(OC)c1. The Morgan fingerprint density at radius 3 is 2.58 bits per heavy atom. The molecule has 0 aliphatic carbocycles. The van der Waals surface area contributed by atoms with Gasteiger partial charge in [0.1, 0.15) is 17.1 Å². The van der Waals surface area contributed by atoms with Gasteiger partial charge in [0.15, 0.2) is 5.76 Å². The number of hydrogen-bond donors (Lipinski definition) is 1. The molecule has 3 rings (SSSR count). The molecule has 2 aromatic carbocycles. The minimum absolute atomic E-state index is 0.244. The molecule has 124 valence electrons. The molecule has 1 aromatic heterocycles. The number of ether oxygens (including phenoxy) is 2. The van der Waals surface area contributed by atoms with E-state index < -0.39 is 0 Å². The van der Waals surface area contributed by atoms with Gasteiger partial charge in [-0.3, -0.25) is 4.79 Å². The van der Waals surface area contributed by atoms with Crippen LogP contribution in [-0.4, -0.2) is 20.1 Å². The third-order valence-electron chi connectivity index (χ3n) is 3.90. The van der Waals surface area contributed by atoms with Crippen LogP contribution in [0.2, 0.25) is 0 Å². The predicted octanol–water partition coefficient (Wildman–Crippen LogP) is 3.94. The van der Waals surface area contributed by atoms with Crippen LogP contribution in [0.3, 0.4) is 0 Å². The van der Waals surface area contributed by atoms with E-state index in [1.807, 2.05) is 43.3 Å². The third kappa shape index (κ3) is 3.06. The Kier molecular flexibility index (Phi) is 4.42. The van der Waals surface area contributed by atoms with Crippen LogP contribution in [0.4, 0.5) is 0 Å². The molecule has 1 unspecified atom stereocenters. The van der Waals surface area contributed by atoms with Gasteiger partial charge >= 0.3 is 0 Å². The van der Waals surface area contributed by atoms with Gasteiger partial charge in [-0.15, -0.1) is 0 Å². The number of methoxy groups -OCH3 is 2. The Morgan fingerprint density at radius 1 is 1.08 bits per heavy atom. The number of furan rings is 1. The van der Waals surface area contributed by atoms with E-state index in [0.29, 0.717) is 17.1 Å². The van der Waals surface area contributed by atoms with Crippen LogP contribution in [0.5, 0.6) is 11.5 Å². The standard InChI is InChI=1S/C19H19NO4/c1-12(15-9-8-14(22-2)11-17(15)23-3)20-19(21)18-10-13-6-4-5-7-16(13)24-18/h4-12H,1-3H3,(H,20,21). The van der Waals surface area contributed by atoms with Crippen LogP contribution >= 0.6 is 0 Å². The number of para-hydroxylation sites is 1. The molecule has 5 heteroatoms. The second kappa shape index (κ2) is 6.66. The average molecular weight is 325 g/mol. The zero-order valence-corrected chi connectivity index (χ0v) is 13.8. The molecule has 0 spiro atoms. The molecule has 24 heavy (non-hydrogen) atoms. The lowest BCUT2D eigenvalue weighted by Crippen LogP contribution is -2.26. The highest BCUT2D eigenvalue weighted by Gasteiger charge is 2.18. The van der Waals surface area contributed by atoms with Gasteiger partial charge < -0.3 is 19.2 Å². The van der Waals surface area contributed by atoms with Crippen LogP contribution < -0.4 is 14.8 Å². The van der Waals surface area contributed by atoms with Gasteiger partial charge in [0.2, 0.25) is 0 Å². The van der Waals surface area contributed by atoms with Crippen molar-refractivity contribution < 1.29 is 18.7 Å². The maximum atomic E-state index is 12.5. The lowest BCUT2D eigenvalue weighted by molar-refractivity contribution is 0.0913. The van der Waals surface area contributed by atoms with E-state index in [0.717, 1.165) is 10.9 Å². The summed E-state index contributed by atoms with van der Waals surface area (Å²) in [6.45, 7) is 1.89. The normalized spacial score (nSPS) is 12.0. The van der Waals surface area contributed by atoms with Crippen molar-refractivity contribution in [2.24, 2.45) is 0 Å². The highest BCUT2D eigenvalue weighted by Crippen LogP contribution is 2.29. The topological polar surface area (TPSA) is 60.7 Å². The summed E-state index contributed by atoms with van der Waals surface area (Å²) in [4.78, 5) is 12.5. The first-order valence-corrected chi connectivity index (χ1v) is 7.63. The molecule has 1 amide bonds. The van der Waals surface area contributed by atoms with Crippen LogP contribution in [0.25, 0.3) is 11.0 Å². The van der Waals surface area contributed by atoms with Crippen LogP contribution in [0.1, 0.15) is 29.1 Å². The molecule has 1 N–H and O–H groups in total. The number of nitrogens with one attached hydrogen (secondary N) is 1. The van der Waals surface area contributed by atoms with Crippen molar-refractivity contribution in [2.45, 2.75) is 13.0 Å². The number of fused-ring (bicyclic) bond motifs is 1. The largest absolute Gasteiger partial charge is 0.497 e. The minimum Gasteiger partial charge on any atom is -0.497 e. The summed E-state index contributed by atoms with van der Waals surface area (Å²) in [5.74, 6) is 1.38. The Morgan fingerprint density at radius 2 is 1.88 bits per heavy atom. The fraction of sp³-hybridized carbons (Fsp3) is 0.211. The van der Waals surface area contributed by atoms with Crippen molar-refractivity contribution in [3.63, 3.8) is 0 Å². The average Bonchev–Trinajstić information content (AvgIpc) is 3.05. The van der Waals surface area contributed by atoms with Crippen molar-refractivity contribution in [3.8, 4) is 11.5 Å². The number of benzene rings is 2. The van der Waals surface area contributed by atoms with Gasteiger partial charge in [-0.05, 0) is 31.2 Å². The van der Waals surface area contributed by atoms with Gasteiger partial charge in [0.05, 0.1) is 20.3 Å². The molecule has 0 saturated carbocycles. The summed E-state index contributed by atoms with van der Waals surface area (Å²) in [7, 11) is 3.19. The Balaban J connectivity index is 1.81. The first-order chi connectivity index (χ1) is 11.6. The Bertz CT molecular complexity index is 836. The fourth-order valence-corrected chi connectivity index (χ4v) is 2.62. The van der Waals surface area contributed by atoms with Crippen LogP contribution in [0, 0.1) is 0 Å². The summed E-state index contributed by atoms with van der Waals surface area (Å²) in [5, 5.41) is 3.83. The van der Waals surface area contributed by atoms with Crippen molar-refractivity contribution in [1.29, 1.82) is 0 Å². The summed E-state index contributed by atoms with van der Waals surface area (Å²) in [5.41, 5.74) is 1.56. The van der Waals surface area contributed by atoms with Crippen molar-refractivity contribution in [2.75, 3.05) is 14.2 Å².